The lowest BCUT2D eigenvalue weighted by molar-refractivity contribution is -0.140. The average Bonchev–Trinajstić information content (AvgIpc) is 3.21. The van der Waals surface area contributed by atoms with Gasteiger partial charge in [0.1, 0.15) is 5.75 Å². The molecule has 1 heterocycles. The summed E-state index contributed by atoms with van der Waals surface area (Å²) in [6, 6.07) is 8.08. The number of amides is 2. The second-order valence-corrected chi connectivity index (χ2v) is 8.44. The highest BCUT2D eigenvalue weighted by Crippen LogP contribution is 2.28. The van der Waals surface area contributed by atoms with Crippen LogP contribution < -0.4 is 4.74 Å². The summed E-state index contributed by atoms with van der Waals surface area (Å²) in [5.74, 6) is 2.27. The first-order chi connectivity index (χ1) is 13.5. The van der Waals surface area contributed by atoms with Crippen molar-refractivity contribution in [1.82, 2.24) is 9.80 Å². The van der Waals surface area contributed by atoms with E-state index in [1.807, 2.05) is 21.9 Å². The quantitative estimate of drug-likeness (QED) is 0.716. The lowest BCUT2D eigenvalue weighted by atomic mass is 10.0. The number of ether oxygens (including phenoxy) is 1. The Morgan fingerprint density at radius 2 is 1.54 bits per heavy atom. The van der Waals surface area contributed by atoms with Gasteiger partial charge in [0.05, 0.1) is 13.0 Å². The van der Waals surface area contributed by atoms with Crippen LogP contribution in [0.15, 0.2) is 24.3 Å². The molecule has 0 N–H and O–H groups in total. The Kier molecular flexibility index (Phi) is 7.35. The fourth-order valence-electron chi connectivity index (χ4n) is 4.16. The number of piperazine rings is 1. The molecular weight excluding hydrogens is 352 g/mol. The number of nitrogens with zero attached hydrogens (tertiary/aromatic N) is 2. The van der Waals surface area contributed by atoms with E-state index in [4.69, 9.17) is 4.74 Å². The molecule has 1 aliphatic carbocycles. The van der Waals surface area contributed by atoms with E-state index in [0.717, 1.165) is 5.75 Å². The maximum atomic E-state index is 12.4. The second-order valence-electron chi connectivity index (χ2n) is 8.44. The molecule has 1 saturated carbocycles. The Hall–Kier alpha value is -2.04. The minimum absolute atomic E-state index is 0.113. The Bertz CT molecular complexity index is 642. The third-order valence-corrected chi connectivity index (χ3v) is 6.05. The van der Waals surface area contributed by atoms with E-state index in [9.17, 15) is 9.59 Å². The van der Waals surface area contributed by atoms with Gasteiger partial charge < -0.3 is 14.5 Å². The second kappa shape index (κ2) is 9.94. The highest BCUT2D eigenvalue weighted by Gasteiger charge is 2.26. The molecule has 0 unspecified atom stereocenters. The predicted molar refractivity (Wildman–Crippen MR) is 110 cm³/mol. The molecule has 5 heteroatoms. The Morgan fingerprint density at radius 1 is 0.964 bits per heavy atom. The zero-order valence-corrected chi connectivity index (χ0v) is 17.4. The van der Waals surface area contributed by atoms with Crippen molar-refractivity contribution in [3.8, 4) is 5.75 Å². The number of hydrogen-bond acceptors (Lipinski definition) is 3. The van der Waals surface area contributed by atoms with Gasteiger partial charge >= 0.3 is 0 Å². The van der Waals surface area contributed by atoms with Gasteiger partial charge in [0.15, 0.2) is 0 Å². The highest BCUT2D eigenvalue weighted by molar-refractivity contribution is 5.78. The Labute approximate surface area is 169 Å². The van der Waals surface area contributed by atoms with E-state index in [-0.39, 0.29) is 11.8 Å². The van der Waals surface area contributed by atoms with Crippen molar-refractivity contribution in [3.05, 3.63) is 29.8 Å². The predicted octanol–water partition coefficient (Wildman–Crippen LogP) is 3.83. The lowest BCUT2D eigenvalue weighted by Gasteiger charge is -2.35. The molecule has 3 rings (SSSR count). The molecule has 2 aliphatic rings. The van der Waals surface area contributed by atoms with Crippen LogP contribution in [0.25, 0.3) is 0 Å². The van der Waals surface area contributed by atoms with Crippen molar-refractivity contribution >= 4 is 11.8 Å². The number of rotatable bonds is 7. The average molecular weight is 387 g/mol. The fraction of sp³-hybridized carbons (Fsp3) is 0.652. The molecule has 0 bridgehead atoms. The van der Waals surface area contributed by atoms with Crippen LogP contribution >= 0.6 is 0 Å². The monoisotopic (exact) mass is 386 g/mol. The van der Waals surface area contributed by atoms with E-state index in [1.54, 1.807) is 0 Å². The molecule has 0 aromatic heterocycles. The molecule has 154 valence electrons. The smallest absolute Gasteiger partial charge is 0.226 e. The highest BCUT2D eigenvalue weighted by atomic mass is 16.5. The standard InChI is InChI=1S/C23H34N2O3/c1-18(2)20-7-9-21(10-8-20)28-16-11-22(26)24-12-14-25(15-13-24)23(27)17-19-5-3-4-6-19/h7-10,18-19H,3-6,11-17H2,1-2H3. The molecular formula is C23H34N2O3. The van der Waals surface area contributed by atoms with Gasteiger partial charge in [-0.2, -0.15) is 0 Å². The molecule has 0 spiro atoms. The molecule has 1 aromatic carbocycles. The maximum Gasteiger partial charge on any atom is 0.226 e. The van der Waals surface area contributed by atoms with Gasteiger partial charge in [-0.15, -0.1) is 0 Å². The SMILES string of the molecule is CC(C)c1ccc(OCCC(=O)N2CCN(C(=O)CC3CCCC3)CC2)cc1. The van der Waals surface area contributed by atoms with Crippen LogP contribution in [0.2, 0.25) is 0 Å². The van der Waals surface area contributed by atoms with Gasteiger partial charge in [0.25, 0.3) is 0 Å². The zero-order valence-electron chi connectivity index (χ0n) is 17.4. The van der Waals surface area contributed by atoms with Gasteiger partial charge in [-0.05, 0) is 42.4 Å². The summed E-state index contributed by atoms with van der Waals surface area (Å²) in [4.78, 5) is 28.7. The van der Waals surface area contributed by atoms with Crippen LogP contribution in [0, 0.1) is 5.92 Å². The van der Waals surface area contributed by atoms with Gasteiger partial charge in [-0.25, -0.2) is 0 Å². The van der Waals surface area contributed by atoms with Gasteiger partial charge in [0.2, 0.25) is 11.8 Å². The van der Waals surface area contributed by atoms with Crippen LogP contribution in [0.1, 0.15) is 63.9 Å². The molecule has 2 amide bonds. The van der Waals surface area contributed by atoms with Crippen LogP contribution in [-0.2, 0) is 9.59 Å². The number of benzene rings is 1. The van der Waals surface area contributed by atoms with E-state index in [2.05, 4.69) is 26.0 Å². The number of hydrogen-bond donors (Lipinski definition) is 0. The number of carbonyl (C=O) groups excluding carboxylic acids is 2. The van der Waals surface area contributed by atoms with Crippen molar-refractivity contribution in [2.75, 3.05) is 32.8 Å². The van der Waals surface area contributed by atoms with E-state index >= 15 is 0 Å². The van der Waals surface area contributed by atoms with Crippen LogP contribution in [0.4, 0.5) is 0 Å². The van der Waals surface area contributed by atoms with Crippen LogP contribution in [-0.4, -0.2) is 54.4 Å². The normalized spacial score (nSPS) is 18.0. The summed E-state index contributed by atoms with van der Waals surface area (Å²) in [5, 5.41) is 0. The molecule has 2 fully saturated rings. The molecule has 5 nitrogen and oxygen atoms in total. The first-order valence-electron chi connectivity index (χ1n) is 10.8. The molecule has 1 aliphatic heterocycles. The third-order valence-electron chi connectivity index (χ3n) is 6.05. The molecule has 0 atom stereocenters. The minimum Gasteiger partial charge on any atom is -0.493 e. The Balaban J connectivity index is 1.35. The summed E-state index contributed by atoms with van der Waals surface area (Å²) in [7, 11) is 0. The summed E-state index contributed by atoms with van der Waals surface area (Å²) in [6.45, 7) is 7.31. The molecule has 1 saturated heterocycles. The Morgan fingerprint density at radius 3 is 2.11 bits per heavy atom. The maximum absolute atomic E-state index is 12.4. The van der Waals surface area contributed by atoms with Crippen molar-refractivity contribution < 1.29 is 14.3 Å². The van der Waals surface area contributed by atoms with Crippen LogP contribution in [0.5, 0.6) is 5.75 Å². The summed E-state index contributed by atoms with van der Waals surface area (Å²) in [6.07, 6.45) is 6.00. The minimum atomic E-state index is 0.113. The fourth-order valence-corrected chi connectivity index (χ4v) is 4.16. The summed E-state index contributed by atoms with van der Waals surface area (Å²) >= 11 is 0. The lowest BCUT2D eigenvalue weighted by Crippen LogP contribution is -2.51. The third kappa shape index (κ3) is 5.73. The summed E-state index contributed by atoms with van der Waals surface area (Å²) < 4.78 is 5.72. The summed E-state index contributed by atoms with van der Waals surface area (Å²) in [5.41, 5.74) is 1.28. The van der Waals surface area contributed by atoms with Gasteiger partial charge in [-0.1, -0.05) is 38.8 Å². The van der Waals surface area contributed by atoms with E-state index in [0.29, 0.717) is 57.5 Å². The topological polar surface area (TPSA) is 49.9 Å². The van der Waals surface area contributed by atoms with Gasteiger partial charge in [-0.3, -0.25) is 9.59 Å². The first kappa shape index (κ1) is 20.7. The number of carbonyl (C=O) groups is 2. The van der Waals surface area contributed by atoms with E-state index in [1.165, 1.54) is 31.2 Å². The van der Waals surface area contributed by atoms with E-state index < -0.39 is 0 Å². The van der Waals surface area contributed by atoms with Crippen molar-refractivity contribution in [3.63, 3.8) is 0 Å². The van der Waals surface area contributed by atoms with Crippen LogP contribution in [0.3, 0.4) is 0 Å². The first-order valence-corrected chi connectivity index (χ1v) is 10.8. The molecule has 28 heavy (non-hydrogen) atoms. The van der Waals surface area contributed by atoms with Crippen molar-refractivity contribution in [2.24, 2.45) is 5.92 Å². The van der Waals surface area contributed by atoms with Gasteiger partial charge in [0, 0.05) is 32.6 Å². The zero-order chi connectivity index (χ0) is 19.9. The largest absolute Gasteiger partial charge is 0.493 e. The molecule has 1 aromatic rings. The molecule has 0 radical (unpaired) electrons. The van der Waals surface area contributed by atoms with Crippen molar-refractivity contribution in [2.45, 2.75) is 58.3 Å². The van der Waals surface area contributed by atoms with Crippen molar-refractivity contribution in [1.29, 1.82) is 0 Å².